The van der Waals surface area contributed by atoms with Crippen LogP contribution in [0.2, 0.25) is 0 Å². The second kappa shape index (κ2) is 62.4. The summed E-state index contributed by atoms with van der Waals surface area (Å²) in [5.74, 6) is -0.251. The summed E-state index contributed by atoms with van der Waals surface area (Å²) in [6, 6.07) is -0.941. The number of allylic oxidation sites excluding steroid dienone is 15. The second-order valence-corrected chi connectivity index (χ2v) is 26.4. The van der Waals surface area contributed by atoms with E-state index in [1.807, 2.05) is 6.08 Å². The molecule has 0 bridgehead atoms. The first-order chi connectivity index (χ1) is 45.6. The van der Waals surface area contributed by atoms with Crippen LogP contribution in [0.3, 0.4) is 0 Å². The van der Waals surface area contributed by atoms with Gasteiger partial charge < -0.3 is 65.1 Å². The van der Waals surface area contributed by atoms with Crippen molar-refractivity contribution in [3.8, 4) is 0 Å². The normalized spacial score (nSPS) is 23.1. The van der Waals surface area contributed by atoms with Crippen LogP contribution >= 0.6 is 0 Å². The molecule has 12 unspecified atom stereocenters. The summed E-state index contributed by atoms with van der Waals surface area (Å²) < 4.78 is 22.8. The highest BCUT2D eigenvalue weighted by Gasteiger charge is 2.51. The van der Waals surface area contributed by atoms with Gasteiger partial charge in [-0.25, -0.2) is 0 Å². The quantitative estimate of drug-likeness (QED) is 0.0204. The summed E-state index contributed by atoms with van der Waals surface area (Å²) in [6.07, 6.45) is 72.0. The van der Waals surface area contributed by atoms with E-state index in [9.17, 15) is 45.6 Å². The van der Waals surface area contributed by atoms with Crippen LogP contribution in [-0.2, 0) is 23.7 Å². The van der Waals surface area contributed by atoms with Gasteiger partial charge in [0, 0.05) is 6.42 Å². The highest BCUT2D eigenvalue weighted by Crippen LogP contribution is 2.30. The van der Waals surface area contributed by atoms with E-state index in [0.717, 1.165) is 77.0 Å². The van der Waals surface area contributed by atoms with Crippen LogP contribution in [0, 0.1) is 0 Å². The Morgan fingerprint density at radius 2 is 0.753 bits per heavy atom. The summed E-state index contributed by atoms with van der Waals surface area (Å²) in [4.78, 5) is 13.3. The van der Waals surface area contributed by atoms with Crippen molar-refractivity contribution in [1.29, 1.82) is 0 Å². The molecule has 0 aromatic heterocycles. The first-order valence-electron chi connectivity index (χ1n) is 38.0. The van der Waals surface area contributed by atoms with Gasteiger partial charge in [-0.05, 0) is 89.9 Å². The number of amides is 1. The second-order valence-electron chi connectivity index (χ2n) is 26.4. The van der Waals surface area contributed by atoms with Gasteiger partial charge in [0.05, 0.1) is 32.0 Å². The monoisotopic (exact) mass is 1310 g/mol. The lowest BCUT2D eigenvalue weighted by Crippen LogP contribution is -2.65. The van der Waals surface area contributed by atoms with Gasteiger partial charge >= 0.3 is 0 Å². The van der Waals surface area contributed by atoms with Crippen molar-refractivity contribution in [2.75, 3.05) is 19.8 Å². The van der Waals surface area contributed by atoms with Gasteiger partial charge in [0.1, 0.15) is 48.8 Å². The van der Waals surface area contributed by atoms with Crippen LogP contribution in [-0.4, -0.2) is 140 Å². The predicted molar refractivity (Wildman–Crippen MR) is 383 cm³/mol. The summed E-state index contributed by atoms with van der Waals surface area (Å²) in [5.41, 5.74) is 0. The number of carbonyl (C=O) groups excluding carboxylic acids is 1. The van der Waals surface area contributed by atoms with Crippen LogP contribution in [0.1, 0.15) is 303 Å². The van der Waals surface area contributed by atoms with Crippen molar-refractivity contribution >= 4 is 5.91 Å². The van der Waals surface area contributed by atoms with E-state index in [4.69, 9.17) is 18.9 Å². The van der Waals surface area contributed by atoms with Gasteiger partial charge in [-0.3, -0.25) is 4.79 Å². The summed E-state index contributed by atoms with van der Waals surface area (Å²) in [6.45, 7) is 2.68. The Morgan fingerprint density at radius 1 is 0.398 bits per heavy atom. The lowest BCUT2D eigenvalue weighted by atomic mass is 9.97. The Bertz CT molecular complexity index is 1930. The lowest BCUT2D eigenvalue weighted by molar-refractivity contribution is -0.359. The van der Waals surface area contributed by atoms with Crippen molar-refractivity contribution in [2.45, 2.75) is 376 Å². The van der Waals surface area contributed by atoms with E-state index in [1.165, 1.54) is 193 Å². The van der Waals surface area contributed by atoms with Crippen LogP contribution in [0.15, 0.2) is 97.2 Å². The Kier molecular flexibility index (Phi) is 57.7. The molecule has 1 amide bonds. The fourth-order valence-corrected chi connectivity index (χ4v) is 12.0. The van der Waals surface area contributed by atoms with Crippen LogP contribution in [0.25, 0.3) is 0 Å². The predicted octanol–water partition coefficient (Wildman–Crippen LogP) is 16.5. The largest absolute Gasteiger partial charge is 0.394 e. The number of aliphatic hydroxyl groups is 8. The van der Waals surface area contributed by atoms with Crippen LogP contribution in [0.4, 0.5) is 0 Å². The fraction of sp³-hybridized carbons (Fsp3) is 0.785. The van der Waals surface area contributed by atoms with Crippen LogP contribution < -0.4 is 5.32 Å². The number of unbranched alkanes of at least 4 members (excludes halogenated alkanes) is 35. The number of nitrogens with one attached hydrogen (secondary N) is 1. The number of ether oxygens (including phenoxy) is 4. The molecule has 2 aliphatic heterocycles. The maximum Gasteiger partial charge on any atom is 0.220 e. The molecule has 2 aliphatic rings. The molecule has 93 heavy (non-hydrogen) atoms. The Labute approximate surface area is 566 Å². The van der Waals surface area contributed by atoms with Gasteiger partial charge in [0.25, 0.3) is 0 Å². The molecule has 2 saturated heterocycles. The minimum Gasteiger partial charge on any atom is -0.394 e. The standard InChI is InChI=1S/C79H139NO13/c1-3-5-7-9-11-13-15-17-19-21-23-25-26-27-28-29-30-31-32-33-34-35-36-37-38-39-40-41-42-43-45-47-49-51-53-55-57-59-61-63-71(84)80-67(68(83)62-60-58-56-54-52-50-48-46-44-24-22-20-18-16-14-12-10-8-6-4-2)66-90-78-76(89)74(87)77(70(65-82)92-78)93-79-75(88)73(86)72(85)69(64-81)91-79/h5,7,11,13,17,19,23,25,27-28,44,46,52,54,60,62,67-70,72-79,81-83,85-89H,3-4,6,8-10,12,14-16,18,20-22,24,26,29-43,45,47-51,53,55-59,61,63-66H2,1-2H3,(H,80,84)/b7-5-,13-11-,19-17-,25-23-,28-27-,46-44+,54-52+,62-60+. The first kappa shape index (κ1) is 86.0. The molecule has 9 N–H and O–H groups in total. The minimum atomic E-state index is -1.80. The maximum atomic E-state index is 13.3. The fourth-order valence-electron chi connectivity index (χ4n) is 12.0. The third-order valence-electron chi connectivity index (χ3n) is 18.0. The van der Waals surface area contributed by atoms with Crippen molar-refractivity contribution in [1.82, 2.24) is 5.32 Å². The number of hydrogen-bond donors (Lipinski definition) is 9. The molecule has 0 aromatic carbocycles. The van der Waals surface area contributed by atoms with E-state index in [2.05, 4.69) is 104 Å². The van der Waals surface area contributed by atoms with E-state index >= 15 is 0 Å². The van der Waals surface area contributed by atoms with Gasteiger partial charge in [-0.15, -0.1) is 0 Å². The molecule has 0 spiro atoms. The SMILES string of the molecule is CC/C=C\C/C=C\C/C=C\C/C=C\C/C=C\CCCCCCCCCCCCCCCCCCCCCCCCCC(=O)NC(COC1OC(CO)C(OC2OC(CO)C(O)C(O)C2O)C(O)C1O)C(O)/C=C/CC/C=C/CC/C=C/CCCCCCCCCCCC. The van der Waals surface area contributed by atoms with E-state index in [1.54, 1.807) is 6.08 Å². The Balaban J connectivity index is 1.60. The molecule has 14 nitrogen and oxygen atoms in total. The third-order valence-corrected chi connectivity index (χ3v) is 18.0. The molecule has 2 heterocycles. The molecular weight excluding hydrogens is 1170 g/mol. The average Bonchev–Trinajstić information content (AvgIpc) is 0.854. The van der Waals surface area contributed by atoms with Gasteiger partial charge in [-0.1, -0.05) is 304 Å². The van der Waals surface area contributed by atoms with E-state index in [0.29, 0.717) is 12.8 Å². The van der Waals surface area contributed by atoms with Crippen molar-refractivity contribution in [3.05, 3.63) is 97.2 Å². The summed E-state index contributed by atoms with van der Waals surface area (Å²) >= 11 is 0. The summed E-state index contributed by atoms with van der Waals surface area (Å²) in [5, 5.41) is 87.5. The van der Waals surface area contributed by atoms with E-state index in [-0.39, 0.29) is 18.9 Å². The first-order valence-corrected chi connectivity index (χ1v) is 38.0. The van der Waals surface area contributed by atoms with Crippen molar-refractivity contribution in [3.63, 3.8) is 0 Å². The lowest BCUT2D eigenvalue weighted by Gasteiger charge is -2.46. The zero-order valence-electron chi connectivity index (χ0n) is 58.7. The smallest absolute Gasteiger partial charge is 0.220 e. The zero-order chi connectivity index (χ0) is 67.3. The topological polar surface area (TPSA) is 228 Å². The number of hydrogen-bond acceptors (Lipinski definition) is 13. The van der Waals surface area contributed by atoms with Crippen molar-refractivity contribution < 1.29 is 64.6 Å². The highest BCUT2D eigenvalue weighted by molar-refractivity contribution is 5.76. The Morgan fingerprint density at radius 3 is 1.18 bits per heavy atom. The third kappa shape index (κ3) is 45.9. The molecule has 0 aromatic rings. The summed E-state index contributed by atoms with van der Waals surface area (Å²) in [7, 11) is 0. The number of aliphatic hydroxyl groups excluding tert-OH is 8. The minimum absolute atomic E-state index is 0.251. The number of rotatable bonds is 62. The Hall–Kier alpha value is -3.09. The van der Waals surface area contributed by atoms with Gasteiger partial charge in [0.2, 0.25) is 5.91 Å². The molecule has 2 fully saturated rings. The van der Waals surface area contributed by atoms with Gasteiger partial charge in [0.15, 0.2) is 12.6 Å². The average molecular weight is 1310 g/mol. The molecule has 0 saturated carbocycles. The maximum absolute atomic E-state index is 13.3. The van der Waals surface area contributed by atoms with Crippen LogP contribution in [0.5, 0.6) is 0 Å². The number of carbonyl (C=O) groups is 1. The molecule has 12 atom stereocenters. The van der Waals surface area contributed by atoms with E-state index < -0.39 is 86.8 Å². The molecule has 2 rings (SSSR count). The van der Waals surface area contributed by atoms with Crippen molar-refractivity contribution in [2.24, 2.45) is 0 Å². The highest BCUT2D eigenvalue weighted by atomic mass is 16.7. The molecule has 14 heteroatoms. The van der Waals surface area contributed by atoms with Gasteiger partial charge in [-0.2, -0.15) is 0 Å². The molecule has 0 radical (unpaired) electrons. The molecule has 0 aliphatic carbocycles. The molecule has 538 valence electrons. The zero-order valence-corrected chi connectivity index (χ0v) is 58.7. The molecular formula is C79H139NO13.